The minimum atomic E-state index is -0.126. The third-order valence-corrected chi connectivity index (χ3v) is 5.17. The van der Waals surface area contributed by atoms with E-state index in [4.69, 9.17) is 0 Å². The Morgan fingerprint density at radius 2 is 1.89 bits per heavy atom. The van der Waals surface area contributed by atoms with Crippen molar-refractivity contribution < 1.29 is 5.11 Å². The van der Waals surface area contributed by atoms with Crippen LogP contribution < -0.4 is 5.32 Å². The largest absolute Gasteiger partial charge is 0.392 e. The molecule has 2 fully saturated rings. The summed E-state index contributed by atoms with van der Waals surface area (Å²) in [5.74, 6) is 0.698. The zero-order chi connectivity index (χ0) is 13.3. The van der Waals surface area contributed by atoms with Crippen molar-refractivity contribution in [3.63, 3.8) is 0 Å². The highest BCUT2D eigenvalue weighted by atomic mass is 16.3. The van der Waals surface area contributed by atoms with E-state index in [-0.39, 0.29) is 11.5 Å². The van der Waals surface area contributed by atoms with E-state index in [2.05, 4.69) is 37.9 Å². The molecule has 18 heavy (non-hydrogen) atoms. The lowest BCUT2D eigenvalue weighted by Gasteiger charge is -2.50. The monoisotopic (exact) mass is 254 g/mol. The van der Waals surface area contributed by atoms with Gasteiger partial charge in [-0.2, -0.15) is 0 Å². The zero-order valence-electron chi connectivity index (χ0n) is 12.4. The number of hydrogen-bond acceptors (Lipinski definition) is 3. The van der Waals surface area contributed by atoms with E-state index in [9.17, 15) is 5.11 Å². The number of rotatable bonds is 5. The van der Waals surface area contributed by atoms with Crippen molar-refractivity contribution in [3.8, 4) is 0 Å². The second-order valence-electron chi connectivity index (χ2n) is 7.09. The predicted octanol–water partition coefficient (Wildman–Crippen LogP) is 1.86. The van der Waals surface area contributed by atoms with Gasteiger partial charge in [-0.3, -0.25) is 4.90 Å². The van der Waals surface area contributed by atoms with E-state index >= 15 is 0 Å². The van der Waals surface area contributed by atoms with Crippen LogP contribution in [0.3, 0.4) is 0 Å². The highest BCUT2D eigenvalue weighted by Crippen LogP contribution is 2.40. The van der Waals surface area contributed by atoms with Crippen molar-refractivity contribution in [2.45, 2.75) is 65.1 Å². The zero-order valence-corrected chi connectivity index (χ0v) is 12.4. The second-order valence-corrected chi connectivity index (χ2v) is 7.09. The van der Waals surface area contributed by atoms with Gasteiger partial charge in [-0.05, 0) is 38.3 Å². The van der Waals surface area contributed by atoms with Crippen molar-refractivity contribution in [2.75, 3.05) is 19.6 Å². The third kappa shape index (κ3) is 2.73. The van der Waals surface area contributed by atoms with Crippen LogP contribution in [0.2, 0.25) is 0 Å². The predicted molar refractivity (Wildman–Crippen MR) is 75.6 cm³/mol. The molecule has 1 saturated carbocycles. The molecule has 2 N–H and O–H groups in total. The minimum Gasteiger partial charge on any atom is -0.392 e. The van der Waals surface area contributed by atoms with E-state index in [1.165, 1.54) is 25.9 Å². The average Bonchev–Trinajstić information content (AvgIpc) is 2.81. The van der Waals surface area contributed by atoms with Gasteiger partial charge in [-0.15, -0.1) is 0 Å². The molecule has 0 spiro atoms. The van der Waals surface area contributed by atoms with Gasteiger partial charge in [0.05, 0.1) is 6.10 Å². The maximum Gasteiger partial charge on any atom is 0.0621 e. The van der Waals surface area contributed by atoms with E-state index < -0.39 is 0 Å². The van der Waals surface area contributed by atoms with Gasteiger partial charge in [0, 0.05) is 24.0 Å². The van der Waals surface area contributed by atoms with Crippen LogP contribution in [0.1, 0.15) is 47.0 Å². The fourth-order valence-electron chi connectivity index (χ4n) is 3.37. The molecular formula is C15H30N2O. The fraction of sp³-hybridized carbons (Fsp3) is 1.00. The van der Waals surface area contributed by atoms with Crippen LogP contribution in [0.4, 0.5) is 0 Å². The first-order valence-corrected chi connectivity index (χ1v) is 7.58. The Balaban J connectivity index is 1.83. The molecule has 0 radical (unpaired) electrons. The SMILES string of the molecule is CC(C)C(CNC1CC(O)C1(C)C)N1CCCC1. The summed E-state index contributed by atoms with van der Waals surface area (Å²) in [6, 6.07) is 1.14. The van der Waals surface area contributed by atoms with Crippen LogP contribution in [-0.4, -0.2) is 47.8 Å². The Hall–Kier alpha value is -0.120. The van der Waals surface area contributed by atoms with Crippen molar-refractivity contribution >= 4 is 0 Å². The van der Waals surface area contributed by atoms with Crippen LogP contribution in [-0.2, 0) is 0 Å². The molecule has 3 heteroatoms. The van der Waals surface area contributed by atoms with Crippen LogP contribution >= 0.6 is 0 Å². The Morgan fingerprint density at radius 3 is 2.33 bits per heavy atom. The smallest absolute Gasteiger partial charge is 0.0621 e. The van der Waals surface area contributed by atoms with Crippen molar-refractivity contribution in [1.82, 2.24) is 10.2 Å². The van der Waals surface area contributed by atoms with Gasteiger partial charge in [0.2, 0.25) is 0 Å². The summed E-state index contributed by atoms with van der Waals surface area (Å²) in [5.41, 5.74) is 0.0482. The first kappa shape index (κ1) is 14.3. The van der Waals surface area contributed by atoms with Crippen LogP contribution in [0, 0.1) is 11.3 Å². The number of likely N-dealkylation sites (tertiary alicyclic amines) is 1. The van der Waals surface area contributed by atoms with E-state index in [1.54, 1.807) is 0 Å². The lowest BCUT2D eigenvalue weighted by molar-refractivity contribution is -0.0742. The maximum absolute atomic E-state index is 9.78. The lowest BCUT2D eigenvalue weighted by Crippen LogP contribution is -2.62. The molecule has 0 amide bonds. The highest BCUT2D eigenvalue weighted by Gasteiger charge is 2.47. The summed E-state index contributed by atoms with van der Waals surface area (Å²) >= 11 is 0. The normalized spacial score (nSPS) is 33.7. The van der Waals surface area contributed by atoms with Gasteiger partial charge in [-0.1, -0.05) is 27.7 Å². The first-order valence-electron chi connectivity index (χ1n) is 7.58. The number of nitrogens with zero attached hydrogens (tertiary/aromatic N) is 1. The lowest BCUT2D eigenvalue weighted by atomic mass is 9.64. The molecule has 3 atom stereocenters. The highest BCUT2D eigenvalue weighted by molar-refractivity contribution is 5.02. The van der Waals surface area contributed by atoms with Gasteiger partial charge in [-0.25, -0.2) is 0 Å². The van der Waals surface area contributed by atoms with E-state index in [1.807, 2.05) is 0 Å². The Labute approximate surface area is 112 Å². The minimum absolute atomic E-state index is 0.0482. The third-order valence-electron chi connectivity index (χ3n) is 5.17. The first-order chi connectivity index (χ1) is 8.43. The summed E-state index contributed by atoms with van der Waals surface area (Å²) in [4.78, 5) is 2.64. The Kier molecular flexibility index (Phi) is 4.35. The molecule has 1 saturated heterocycles. The molecule has 3 nitrogen and oxygen atoms in total. The second kappa shape index (κ2) is 5.48. The van der Waals surface area contributed by atoms with E-state index in [0.717, 1.165) is 13.0 Å². The summed E-state index contributed by atoms with van der Waals surface area (Å²) in [7, 11) is 0. The van der Waals surface area contributed by atoms with Gasteiger partial charge >= 0.3 is 0 Å². The Bertz CT molecular complexity index is 272. The number of hydrogen-bond donors (Lipinski definition) is 2. The molecule has 0 aromatic heterocycles. The molecule has 3 unspecified atom stereocenters. The molecule has 0 bridgehead atoms. The van der Waals surface area contributed by atoms with Gasteiger partial charge in [0.1, 0.15) is 0 Å². The summed E-state index contributed by atoms with van der Waals surface area (Å²) < 4.78 is 0. The number of aliphatic hydroxyl groups excluding tert-OH is 1. The molecule has 0 aromatic carbocycles. The molecule has 2 rings (SSSR count). The molecule has 106 valence electrons. The topological polar surface area (TPSA) is 35.5 Å². The molecule has 0 aromatic rings. The number of nitrogens with one attached hydrogen (secondary N) is 1. The van der Waals surface area contributed by atoms with Crippen molar-refractivity contribution in [2.24, 2.45) is 11.3 Å². The fourth-order valence-corrected chi connectivity index (χ4v) is 3.37. The summed E-state index contributed by atoms with van der Waals surface area (Å²) in [6.45, 7) is 12.6. The summed E-state index contributed by atoms with van der Waals surface area (Å²) in [6.07, 6.45) is 3.50. The Morgan fingerprint density at radius 1 is 1.28 bits per heavy atom. The summed E-state index contributed by atoms with van der Waals surface area (Å²) in [5, 5.41) is 13.5. The maximum atomic E-state index is 9.78. The van der Waals surface area contributed by atoms with E-state index in [0.29, 0.717) is 18.0 Å². The molecule has 1 aliphatic heterocycles. The molecule has 1 aliphatic carbocycles. The quantitative estimate of drug-likeness (QED) is 0.786. The van der Waals surface area contributed by atoms with Crippen molar-refractivity contribution in [3.05, 3.63) is 0 Å². The average molecular weight is 254 g/mol. The van der Waals surface area contributed by atoms with Gasteiger partial charge in [0.25, 0.3) is 0 Å². The van der Waals surface area contributed by atoms with Gasteiger partial charge in [0.15, 0.2) is 0 Å². The molecule has 2 aliphatic rings. The van der Waals surface area contributed by atoms with Crippen LogP contribution in [0.5, 0.6) is 0 Å². The van der Waals surface area contributed by atoms with Crippen LogP contribution in [0.25, 0.3) is 0 Å². The molecule has 1 heterocycles. The number of aliphatic hydroxyl groups is 1. The van der Waals surface area contributed by atoms with Crippen LogP contribution in [0.15, 0.2) is 0 Å². The molecular weight excluding hydrogens is 224 g/mol. The standard InChI is InChI=1S/C15H30N2O/c1-11(2)12(17-7-5-6-8-17)10-16-13-9-14(18)15(13,3)4/h11-14,16,18H,5-10H2,1-4H3. The van der Waals surface area contributed by atoms with Gasteiger partial charge < -0.3 is 10.4 Å². The van der Waals surface area contributed by atoms with Crippen molar-refractivity contribution in [1.29, 1.82) is 0 Å².